The van der Waals surface area contributed by atoms with Gasteiger partial charge in [-0.25, -0.2) is 9.97 Å². The summed E-state index contributed by atoms with van der Waals surface area (Å²) >= 11 is 0. The molecule has 0 bridgehead atoms. The third kappa shape index (κ3) is 5.76. The van der Waals surface area contributed by atoms with Crippen LogP contribution in [0.3, 0.4) is 0 Å². The van der Waals surface area contributed by atoms with E-state index in [1.54, 1.807) is 0 Å². The van der Waals surface area contributed by atoms with E-state index in [0.717, 1.165) is 0 Å². The molecular formula is C20H26N4O10. The van der Waals surface area contributed by atoms with Gasteiger partial charge in [0, 0.05) is 27.9 Å². The van der Waals surface area contributed by atoms with E-state index in [0.29, 0.717) is 6.61 Å². The fraction of sp³-hybridized carbons (Fsp3) is 0.600. The Bertz CT molecular complexity index is 1100. The van der Waals surface area contributed by atoms with Crippen LogP contribution < -0.4 is 5.56 Å². The fourth-order valence-electron chi connectivity index (χ4n) is 3.45. The molecule has 186 valence electrons. The number of hydrogen-bond acceptors (Lipinski definition) is 12. The summed E-state index contributed by atoms with van der Waals surface area (Å²) in [5.74, 6) is -1.87. The number of fused-ring (bicyclic) bond motifs is 1. The summed E-state index contributed by atoms with van der Waals surface area (Å²) in [6.45, 7) is 3.94. The molecule has 1 aliphatic rings. The second kappa shape index (κ2) is 11.2. The van der Waals surface area contributed by atoms with Crippen LogP contribution in [0.2, 0.25) is 0 Å². The molecular weight excluding hydrogens is 456 g/mol. The number of carbonyl (C=O) groups excluding carboxylic acids is 3. The van der Waals surface area contributed by atoms with Gasteiger partial charge >= 0.3 is 17.9 Å². The molecule has 0 aliphatic carbocycles. The lowest BCUT2D eigenvalue weighted by Gasteiger charge is -2.23. The molecule has 0 spiro atoms. The van der Waals surface area contributed by atoms with Crippen LogP contribution >= 0.6 is 0 Å². The zero-order valence-corrected chi connectivity index (χ0v) is 19.2. The molecule has 3 rings (SSSR count). The monoisotopic (exact) mass is 482 g/mol. The van der Waals surface area contributed by atoms with Crippen LogP contribution in [-0.4, -0.2) is 82.3 Å². The predicted molar refractivity (Wildman–Crippen MR) is 111 cm³/mol. The number of hydrogen-bond donors (Lipinski definition) is 0. The standard InChI is InChI=1S/C20H26N4O10/c1-11(25)31-7-14-16(32-12(2)26)17(33-13(3)27)20(34-14)24-9-21-15-18(24)22-8-23(19(15)28)10-30-6-5-29-4/h8-9,14,16-17,20H,5-7,10H2,1-4H3/t14-,16-,17-,20-/m1/s1. The normalized spacial score (nSPS) is 22.0. The van der Waals surface area contributed by atoms with Gasteiger partial charge in [0.1, 0.15) is 25.8 Å². The first-order valence-electron chi connectivity index (χ1n) is 10.3. The maximum Gasteiger partial charge on any atom is 0.303 e. The third-order valence-electron chi connectivity index (χ3n) is 4.83. The first-order chi connectivity index (χ1) is 16.2. The Labute approximate surface area is 193 Å². The lowest BCUT2D eigenvalue weighted by Crippen LogP contribution is -2.40. The molecule has 0 unspecified atom stereocenters. The maximum atomic E-state index is 12.8. The predicted octanol–water partition coefficient (Wildman–Crippen LogP) is -0.463. The van der Waals surface area contributed by atoms with Crippen LogP contribution in [0.25, 0.3) is 11.2 Å². The number of aromatic nitrogens is 4. The average Bonchev–Trinajstić information content (AvgIpc) is 3.33. The lowest BCUT2D eigenvalue weighted by atomic mass is 10.1. The van der Waals surface area contributed by atoms with Crippen LogP contribution in [0.5, 0.6) is 0 Å². The van der Waals surface area contributed by atoms with Crippen molar-refractivity contribution in [3.05, 3.63) is 23.0 Å². The van der Waals surface area contributed by atoms with E-state index in [9.17, 15) is 19.2 Å². The van der Waals surface area contributed by atoms with Crippen LogP contribution in [-0.2, 0) is 49.5 Å². The molecule has 0 aromatic carbocycles. The molecule has 3 heterocycles. The van der Waals surface area contributed by atoms with Gasteiger partial charge in [-0.1, -0.05) is 0 Å². The zero-order valence-electron chi connectivity index (χ0n) is 19.2. The first-order valence-corrected chi connectivity index (χ1v) is 10.3. The molecule has 0 saturated carbocycles. The molecule has 4 atom stereocenters. The number of rotatable bonds is 10. The van der Waals surface area contributed by atoms with Gasteiger partial charge in [0.05, 0.1) is 19.5 Å². The summed E-state index contributed by atoms with van der Waals surface area (Å²) in [5.41, 5.74) is -0.290. The molecule has 0 N–H and O–H groups in total. The van der Waals surface area contributed by atoms with Gasteiger partial charge in [0.25, 0.3) is 5.56 Å². The van der Waals surface area contributed by atoms with E-state index >= 15 is 0 Å². The summed E-state index contributed by atoms with van der Waals surface area (Å²) < 4.78 is 34.6. The minimum absolute atomic E-state index is 0.0236. The summed E-state index contributed by atoms with van der Waals surface area (Å²) in [6.07, 6.45) is -1.65. The van der Waals surface area contributed by atoms with E-state index in [2.05, 4.69) is 9.97 Å². The molecule has 1 fully saturated rings. The van der Waals surface area contributed by atoms with Crippen molar-refractivity contribution in [2.45, 2.75) is 52.0 Å². The topological polar surface area (TPSA) is 159 Å². The highest BCUT2D eigenvalue weighted by molar-refractivity contribution is 5.70. The van der Waals surface area contributed by atoms with E-state index in [4.69, 9.17) is 28.4 Å². The highest BCUT2D eigenvalue weighted by atomic mass is 16.7. The van der Waals surface area contributed by atoms with Crippen molar-refractivity contribution < 1.29 is 42.8 Å². The molecule has 0 radical (unpaired) electrons. The number of imidazole rings is 1. The van der Waals surface area contributed by atoms with Crippen molar-refractivity contribution in [1.82, 2.24) is 19.1 Å². The summed E-state index contributed by atoms with van der Waals surface area (Å²) in [5, 5.41) is 0. The number of nitrogens with zero attached hydrogens (tertiary/aromatic N) is 4. The van der Waals surface area contributed by atoms with Gasteiger partial charge in [0.15, 0.2) is 29.6 Å². The van der Waals surface area contributed by atoms with E-state index in [1.165, 1.54) is 49.7 Å². The Balaban J connectivity index is 1.94. The van der Waals surface area contributed by atoms with Gasteiger partial charge < -0.3 is 28.4 Å². The molecule has 0 amide bonds. The van der Waals surface area contributed by atoms with Gasteiger partial charge in [-0.3, -0.25) is 28.3 Å². The van der Waals surface area contributed by atoms with E-state index in [1.807, 2.05) is 0 Å². The van der Waals surface area contributed by atoms with Crippen molar-refractivity contribution in [1.29, 1.82) is 0 Å². The van der Waals surface area contributed by atoms with Gasteiger partial charge in [-0.2, -0.15) is 0 Å². The van der Waals surface area contributed by atoms with Crippen molar-refractivity contribution in [3.8, 4) is 0 Å². The number of methoxy groups -OCH3 is 1. The average molecular weight is 482 g/mol. The SMILES string of the molecule is COCCOCn1cnc2c(ncn2[C@@H]2O[C@H](COC(C)=O)[C@@H](OC(C)=O)[C@H]2OC(C)=O)c1=O. The quantitative estimate of drug-likeness (QED) is 0.244. The molecule has 1 aliphatic heterocycles. The largest absolute Gasteiger partial charge is 0.463 e. The minimum Gasteiger partial charge on any atom is -0.463 e. The number of esters is 3. The Morgan fingerprint density at radius 2 is 1.71 bits per heavy atom. The fourth-order valence-corrected chi connectivity index (χ4v) is 3.45. The van der Waals surface area contributed by atoms with Crippen molar-refractivity contribution in [2.24, 2.45) is 0 Å². The maximum absolute atomic E-state index is 12.8. The van der Waals surface area contributed by atoms with Crippen LogP contribution in [0, 0.1) is 0 Å². The Morgan fingerprint density at radius 1 is 1.00 bits per heavy atom. The summed E-state index contributed by atoms with van der Waals surface area (Å²) in [7, 11) is 1.53. The summed E-state index contributed by atoms with van der Waals surface area (Å²) in [4.78, 5) is 56.1. The van der Waals surface area contributed by atoms with Crippen LogP contribution in [0.1, 0.15) is 27.0 Å². The van der Waals surface area contributed by atoms with Gasteiger partial charge in [-0.05, 0) is 0 Å². The Morgan fingerprint density at radius 3 is 2.35 bits per heavy atom. The Kier molecular flexibility index (Phi) is 8.31. The van der Waals surface area contributed by atoms with Crippen molar-refractivity contribution >= 4 is 29.1 Å². The zero-order chi connectivity index (χ0) is 24.8. The third-order valence-corrected chi connectivity index (χ3v) is 4.83. The second-order valence-corrected chi connectivity index (χ2v) is 7.39. The first kappa shape index (κ1) is 25.3. The highest BCUT2D eigenvalue weighted by Crippen LogP contribution is 2.35. The molecule has 34 heavy (non-hydrogen) atoms. The van der Waals surface area contributed by atoms with Gasteiger partial charge in [0.2, 0.25) is 0 Å². The molecule has 14 heteroatoms. The van der Waals surface area contributed by atoms with Crippen LogP contribution in [0.4, 0.5) is 0 Å². The van der Waals surface area contributed by atoms with Crippen molar-refractivity contribution in [3.63, 3.8) is 0 Å². The number of ether oxygens (including phenoxy) is 6. The molecule has 1 saturated heterocycles. The van der Waals surface area contributed by atoms with E-state index in [-0.39, 0.29) is 31.1 Å². The highest BCUT2D eigenvalue weighted by Gasteiger charge is 2.51. The molecule has 2 aromatic heterocycles. The minimum atomic E-state index is -1.12. The lowest BCUT2D eigenvalue weighted by molar-refractivity contribution is -0.166. The molecule has 2 aromatic rings. The molecule has 14 nitrogen and oxygen atoms in total. The van der Waals surface area contributed by atoms with Gasteiger partial charge in [-0.15, -0.1) is 0 Å². The van der Waals surface area contributed by atoms with E-state index < -0.39 is 48.0 Å². The van der Waals surface area contributed by atoms with Crippen LogP contribution in [0.15, 0.2) is 17.4 Å². The van der Waals surface area contributed by atoms with Crippen molar-refractivity contribution in [2.75, 3.05) is 26.9 Å². The summed E-state index contributed by atoms with van der Waals surface area (Å²) in [6, 6.07) is 0. The second-order valence-electron chi connectivity index (χ2n) is 7.39. The number of carbonyl (C=O) groups is 3. The Hall–Kier alpha value is -3.36. The smallest absolute Gasteiger partial charge is 0.303 e.